The quantitative estimate of drug-likeness (QED) is 0.878. The first kappa shape index (κ1) is 11.0. The largest absolute Gasteiger partial charge is 0.354 e. The molecule has 1 saturated heterocycles. The monoisotopic (exact) mass is 258 g/mol. The van der Waals surface area contributed by atoms with E-state index in [4.69, 9.17) is 4.98 Å². The van der Waals surface area contributed by atoms with Crippen LogP contribution in [0, 0.1) is 5.92 Å². The van der Waals surface area contributed by atoms with Gasteiger partial charge in [-0.3, -0.25) is 5.10 Å². The van der Waals surface area contributed by atoms with Crippen molar-refractivity contribution in [2.24, 2.45) is 5.92 Å². The zero-order valence-corrected chi connectivity index (χ0v) is 11.1. The number of piperidine rings is 1. The van der Waals surface area contributed by atoms with Crippen LogP contribution in [0.1, 0.15) is 26.2 Å². The van der Waals surface area contributed by atoms with E-state index in [1.807, 2.05) is 6.20 Å². The van der Waals surface area contributed by atoms with Crippen LogP contribution in [0.25, 0.3) is 11.0 Å². The van der Waals surface area contributed by atoms with Crippen LogP contribution in [0.15, 0.2) is 6.20 Å². The van der Waals surface area contributed by atoms with Gasteiger partial charge in [0.15, 0.2) is 5.65 Å². The van der Waals surface area contributed by atoms with E-state index in [0.717, 1.165) is 35.9 Å². The summed E-state index contributed by atoms with van der Waals surface area (Å²) in [5.74, 6) is 2.59. The van der Waals surface area contributed by atoms with Gasteiger partial charge in [0.2, 0.25) is 5.95 Å². The molecule has 1 saturated carbocycles. The Morgan fingerprint density at radius 3 is 3.11 bits per heavy atom. The predicted octanol–water partition coefficient (Wildman–Crippen LogP) is 1.77. The molecule has 2 aromatic heterocycles. The van der Waals surface area contributed by atoms with Crippen molar-refractivity contribution < 1.29 is 0 Å². The number of nitrogens with one attached hydrogen (secondary N) is 2. The first-order valence-corrected chi connectivity index (χ1v) is 7.06. The van der Waals surface area contributed by atoms with Crippen molar-refractivity contribution in [1.29, 1.82) is 0 Å². The summed E-state index contributed by atoms with van der Waals surface area (Å²) in [7, 11) is 0. The van der Waals surface area contributed by atoms with Gasteiger partial charge in [-0.05, 0) is 32.1 Å². The molecular weight excluding hydrogens is 240 g/mol. The molecule has 100 valence electrons. The third kappa shape index (κ3) is 1.66. The van der Waals surface area contributed by atoms with Gasteiger partial charge < -0.3 is 10.2 Å². The fourth-order valence-corrected chi connectivity index (χ4v) is 3.46. The molecule has 3 heterocycles. The molecule has 4 rings (SSSR count). The number of nitrogens with zero attached hydrogens (tertiary/aromatic N) is 4. The van der Waals surface area contributed by atoms with Gasteiger partial charge in [0.1, 0.15) is 5.82 Å². The predicted molar refractivity (Wildman–Crippen MR) is 74.3 cm³/mol. The van der Waals surface area contributed by atoms with Crippen LogP contribution in [-0.2, 0) is 0 Å². The highest BCUT2D eigenvalue weighted by atomic mass is 15.3. The molecule has 2 aromatic rings. The Hall–Kier alpha value is -1.85. The topological polar surface area (TPSA) is 69.7 Å². The number of aromatic amines is 1. The molecule has 2 bridgehead atoms. The second-order valence-electron chi connectivity index (χ2n) is 5.52. The Morgan fingerprint density at radius 1 is 1.42 bits per heavy atom. The van der Waals surface area contributed by atoms with Crippen molar-refractivity contribution in [3.05, 3.63) is 6.20 Å². The molecule has 1 aliphatic heterocycles. The molecule has 0 radical (unpaired) electrons. The van der Waals surface area contributed by atoms with E-state index in [-0.39, 0.29) is 0 Å². The van der Waals surface area contributed by atoms with Crippen LogP contribution in [0.2, 0.25) is 0 Å². The van der Waals surface area contributed by atoms with E-state index in [2.05, 4.69) is 32.3 Å². The number of H-pyrrole nitrogens is 1. The van der Waals surface area contributed by atoms with Crippen LogP contribution in [0.4, 0.5) is 11.8 Å². The van der Waals surface area contributed by atoms with E-state index >= 15 is 0 Å². The third-order valence-corrected chi connectivity index (χ3v) is 4.31. The Labute approximate surface area is 111 Å². The minimum Gasteiger partial charge on any atom is -0.354 e. The van der Waals surface area contributed by atoms with E-state index in [1.54, 1.807) is 0 Å². The van der Waals surface area contributed by atoms with Gasteiger partial charge in [-0.1, -0.05) is 0 Å². The van der Waals surface area contributed by atoms with Crippen LogP contribution in [0.3, 0.4) is 0 Å². The molecule has 0 spiro atoms. The number of anilines is 2. The summed E-state index contributed by atoms with van der Waals surface area (Å²) in [6.07, 6.45) is 5.83. The maximum absolute atomic E-state index is 4.71. The molecule has 2 N–H and O–H groups in total. The normalized spacial score (nSPS) is 25.4. The van der Waals surface area contributed by atoms with E-state index in [1.165, 1.54) is 19.3 Å². The number of aromatic nitrogens is 4. The SMILES string of the molecule is CCNc1nc(N2CC3CCC2C3)c2cn[nH]c2n1. The van der Waals surface area contributed by atoms with Crippen molar-refractivity contribution in [1.82, 2.24) is 20.2 Å². The summed E-state index contributed by atoms with van der Waals surface area (Å²) < 4.78 is 0. The summed E-state index contributed by atoms with van der Waals surface area (Å²) in [5.41, 5.74) is 0.823. The number of rotatable bonds is 3. The third-order valence-electron chi connectivity index (χ3n) is 4.31. The zero-order valence-electron chi connectivity index (χ0n) is 11.1. The van der Waals surface area contributed by atoms with E-state index in [0.29, 0.717) is 12.0 Å². The van der Waals surface area contributed by atoms with Gasteiger partial charge in [-0.25, -0.2) is 0 Å². The molecule has 6 nitrogen and oxygen atoms in total. The average molecular weight is 258 g/mol. The average Bonchev–Trinajstić information content (AvgIpc) is 3.13. The highest BCUT2D eigenvalue weighted by molar-refractivity contribution is 5.88. The number of hydrogen-bond donors (Lipinski definition) is 2. The van der Waals surface area contributed by atoms with E-state index < -0.39 is 0 Å². The number of fused-ring (bicyclic) bond motifs is 3. The minimum absolute atomic E-state index is 0.660. The standard InChI is InChI=1S/C13H18N6/c1-2-14-13-16-11-10(6-15-18-11)12(17-13)19-7-8-3-4-9(19)5-8/h6,8-9H,2-5,7H2,1H3,(H2,14,15,16,17,18). The lowest BCUT2D eigenvalue weighted by atomic mass is 10.1. The van der Waals surface area contributed by atoms with Gasteiger partial charge >= 0.3 is 0 Å². The highest BCUT2D eigenvalue weighted by Gasteiger charge is 2.39. The lowest BCUT2D eigenvalue weighted by Crippen LogP contribution is -2.32. The summed E-state index contributed by atoms with van der Waals surface area (Å²) in [6.45, 7) is 4.01. The van der Waals surface area contributed by atoms with Crippen LogP contribution >= 0.6 is 0 Å². The summed E-state index contributed by atoms with van der Waals surface area (Å²) in [6, 6.07) is 0.660. The Morgan fingerprint density at radius 2 is 2.37 bits per heavy atom. The molecule has 0 aromatic carbocycles. The number of hydrogen-bond acceptors (Lipinski definition) is 5. The van der Waals surface area contributed by atoms with Crippen LogP contribution < -0.4 is 10.2 Å². The first-order valence-electron chi connectivity index (χ1n) is 7.06. The lowest BCUT2D eigenvalue weighted by Gasteiger charge is -2.28. The van der Waals surface area contributed by atoms with Crippen LogP contribution in [-0.4, -0.2) is 39.3 Å². The van der Waals surface area contributed by atoms with E-state index in [9.17, 15) is 0 Å². The summed E-state index contributed by atoms with van der Waals surface area (Å²) >= 11 is 0. The van der Waals surface area contributed by atoms with Crippen molar-refractivity contribution >= 4 is 22.8 Å². The second kappa shape index (κ2) is 4.08. The maximum Gasteiger partial charge on any atom is 0.226 e. The molecule has 6 heteroatoms. The maximum atomic E-state index is 4.71. The molecule has 2 atom stereocenters. The Kier molecular flexibility index (Phi) is 2.36. The van der Waals surface area contributed by atoms with Gasteiger partial charge in [0.05, 0.1) is 11.6 Å². The lowest BCUT2D eigenvalue weighted by molar-refractivity contribution is 0.551. The van der Waals surface area contributed by atoms with Gasteiger partial charge in [-0.15, -0.1) is 0 Å². The smallest absolute Gasteiger partial charge is 0.226 e. The fourth-order valence-electron chi connectivity index (χ4n) is 3.46. The van der Waals surface area contributed by atoms with Crippen molar-refractivity contribution in [2.75, 3.05) is 23.3 Å². The van der Waals surface area contributed by atoms with Gasteiger partial charge in [-0.2, -0.15) is 15.1 Å². The van der Waals surface area contributed by atoms with Crippen molar-refractivity contribution in [3.8, 4) is 0 Å². The molecule has 2 aliphatic rings. The Balaban J connectivity index is 1.80. The van der Waals surface area contributed by atoms with Gasteiger partial charge in [0, 0.05) is 19.1 Å². The molecule has 1 aliphatic carbocycles. The molecular formula is C13H18N6. The first-order chi connectivity index (χ1) is 9.35. The molecule has 2 fully saturated rings. The summed E-state index contributed by atoms with van der Waals surface area (Å²) in [4.78, 5) is 11.6. The molecule has 19 heavy (non-hydrogen) atoms. The fraction of sp³-hybridized carbons (Fsp3) is 0.615. The Bertz CT molecular complexity index is 606. The zero-order chi connectivity index (χ0) is 12.8. The second-order valence-corrected chi connectivity index (χ2v) is 5.52. The molecule has 0 amide bonds. The van der Waals surface area contributed by atoms with Crippen molar-refractivity contribution in [2.45, 2.75) is 32.2 Å². The minimum atomic E-state index is 0.660. The van der Waals surface area contributed by atoms with Crippen LogP contribution in [0.5, 0.6) is 0 Å². The molecule has 2 unspecified atom stereocenters. The van der Waals surface area contributed by atoms with Crippen molar-refractivity contribution in [3.63, 3.8) is 0 Å². The highest BCUT2D eigenvalue weighted by Crippen LogP contribution is 2.41. The summed E-state index contributed by atoms with van der Waals surface area (Å²) in [5, 5.41) is 11.3. The van der Waals surface area contributed by atoms with Gasteiger partial charge in [0.25, 0.3) is 0 Å².